The van der Waals surface area contributed by atoms with Crippen LogP contribution in [0.5, 0.6) is 0 Å². The molecule has 0 spiro atoms. The number of amides is 1. The third kappa shape index (κ3) is 4.45. The number of thioether (sulfide) groups is 1. The number of imidazole rings is 1. The summed E-state index contributed by atoms with van der Waals surface area (Å²) >= 11 is 1.12. The molecule has 1 heterocycles. The lowest BCUT2D eigenvalue weighted by Gasteiger charge is -2.13. The third-order valence-electron chi connectivity index (χ3n) is 3.48. The molecule has 0 saturated carbocycles. The Hall–Kier alpha value is -2.74. The molecule has 8 heteroatoms. The minimum atomic E-state index is -4.53. The summed E-state index contributed by atoms with van der Waals surface area (Å²) in [6.07, 6.45) is -2.88. The predicted molar refractivity (Wildman–Crippen MR) is 94.8 cm³/mol. The Kier molecular flexibility index (Phi) is 5.32. The van der Waals surface area contributed by atoms with Gasteiger partial charge in [-0.3, -0.25) is 4.79 Å². The molecule has 1 aromatic heterocycles. The highest BCUT2D eigenvalue weighted by molar-refractivity contribution is 7.99. The number of carbonyl (C=O) groups is 1. The molecular formula is C18H14F3N3OS. The van der Waals surface area contributed by atoms with E-state index in [0.29, 0.717) is 5.16 Å². The van der Waals surface area contributed by atoms with Crippen molar-refractivity contribution in [1.82, 2.24) is 9.97 Å². The van der Waals surface area contributed by atoms with Crippen LogP contribution in [-0.2, 0) is 11.0 Å². The van der Waals surface area contributed by atoms with Gasteiger partial charge in [-0.1, -0.05) is 54.2 Å². The average molecular weight is 377 g/mol. The summed E-state index contributed by atoms with van der Waals surface area (Å²) in [6.45, 7) is 0. The fraction of sp³-hybridized carbons (Fsp3) is 0.111. The van der Waals surface area contributed by atoms with Crippen LogP contribution in [0.4, 0.5) is 18.9 Å². The SMILES string of the molecule is O=C(CSc1ncc(-c2ccccc2)[nH]1)Nc1ccccc1C(F)(F)F. The first kappa shape index (κ1) is 18.1. The summed E-state index contributed by atoms with van der Waals surface area (Å²) in [5.41, 5.74) is 0.629. The molecule has 0 aliphatic rings. The monoisotopic (exact) mass is 377 g/mol. The molecule has 26 heavy (non-hydrogen) atoms. The number of halogens is 3. The maximum absolute atomic E-state index is 12.9. The number of aromatic nitrogens is 2. The first-order valence-electron chi connectivity index (χ1n) is 7.63. The van der Waals surface area contributed by atoms with E-state index in [1.54, 1.807) is 6.20 Å². The van der Waals surface area contributed by atoms with Gasteiger partial charge < -0.3 is 10.3 Å². The van der Waals surface area contributed by atoms with Gasteiger partial charge in [0, 0.05) is 0 Å². The fourth-order valence-electron chi connectivity index (χ4n) is 2.30. The molecule has 134 valence electrons. The second-order valence-electron chi connectivity index (χ2n) is 5.35. The minimum Gasteiger partial charge on any atom is -0.333 e. The number of anilines is 1. The van der Waals surface area contributed by atoms with E-state index in [-0.39, 0.29) is 11.4 Å². The molecule has 0 atom stereocenters. The number of hydrogen-bond donors (Lipinski definition) is 2. The van der Waals surface area contributed by atoms with Gasteiger partial charge in [0.2, 0.25) is 5.91 Å². The molecule has 0 aliphatic carbocycles. The Morgan fingerprint density at radius 2 is 1.77 bits per heavy atom. The van der Waals surface area contributed by atoms with Gasteiger partial charge in [-0.2, -0.15) is 13.2 Å². The van der Waals surface area contributed by atoms with Gasteiger partial charge in [0.25, 0.3) is 0 Å². The van der Waals surface area contributed by atoms with Crippen molar-refractivity contribution in [3.8, 4) is 11.3 Å². The van der Waals surface area contributed by atoms with E-state index in [2.05, 4.69) is 15.3 Å². The Morgan fingerprint density at radius 1 is 1.08 bits per heavy atom. The van der Waals surface area contributed by atoms with E-state index >= 15 is 0 Å². The van der Waals surface area contributed by atoms with Crippen LogP contribution in [-0.4, -0.2) is 21.6 Å². The molecule has 4 nitrogen and oxygen atoms in total. The van der Waals surface area contributed by atoms with Crippen molar-refractivity contribution in [2.45, 2.75) is 11.3 Å². The van der Waals surface area contributed by atoms with Crippen molar-refractivity contribution in [2.75, 3.05) is 11.1 Å². The quantitative estimate of drug-likeness (QED) is 0.627. The maximum atomic E-state index is 12.9. The van der Waals surface area contributed by atoms with Crippen LogP contribution in [0.2, 0.25) is 0 Å². The molecule has 3 rings (SSSR count). The van der Waals surface area contributed by atoms with Gasteiger partial charge in [-0.05, 0) is 17.7 Å². The average Bonchev–Trinajstić information content (AvgIpc) is 3.09. The second-order valence-corrected chi connectivity index (χ2v) is 6.31. The molecule has 1 amide bonds. The zero-order valence-corrected chi connectivity index (χ0v) is 14.2. The molecule has 0 unspecified atom stereocenters. The van der Waals surface area contributed by atoms with Crippen molar-refractivity contribution in [3.63, 3.8) is 0 Å². The zero-order valence-electron chi connectivity index (χ0n) is 13.4. The summed E-state index contributed by atoms with van der Waals surface area (Å²) in [4.78, 5) is 19.3. The van der Waals surface area contributed by atoms with E-state index in [1.165, 1.54) is 18.2 Å². The van der Waals surface area contributed by atoms with Crippen LogP contribution in [0.1, 0.15) is 5.56 Å². The third-order valence-corrected chi connectivity index (χ3v) is 4.37. The number of hydrogen-bond acceptors (Lipinski definition) is 3. The Bertz CT molecular complexity index is 894. The number of H-pyrrole nitrogens is 1. The molecular weight excluding hydrogens is 363 g/mol. The fourth-order valence-corrected chi connectivity index (χ4v) is 2.95. The summed E-state index contributed by atoms with van der Waals surface area (Å²) in [7, 11) is 0. The van der Waals surface area contributed by atoms with Gasteiger partial charge in [0.05, 0.1) is 28.9 Å². The van der Waals surface area contributed by atoms with E-state index in [9.17, 15) is 18.0 Å². The number of para-hydroxylation sites is 1. The van der Waals surface area contributed by atoms with Gasteiger partial charge in [-0.25, -0.2) is 4.98 Å². The van der Waals surface area contributed by atoms with Gasteiger partial charge in [-0.15, -0.1) is 0 Å². The molecule has 0 radical (unpaired) electrons. The summed E-state index contributed by atoms with van der Waals surface area (Å²) in [6, 6.07) is 14.4. The Labute approximate surface area is 151 Å². The first-order valence-corrected chi connectivity index (χ1v) is 8.61. The molecule has 0 bridgehead atoms. The lowest BCUT2D eigenvalue weighted by Crippen LogP contribution is -2.18. The maximum Gasteiger partial charge on any atom is 0.418 e. The van der Waals surface area contributed by atoms with Gasteiger partial charge in [0.1, 0.15) is 0 Å². The number of nitrogens with one attached hydrogen (secondary N) is 2. The van der Waals surface area contributed by atoms with Gasteiger partial charge >= 0.3 is 6.18 Å². The number of rotatable bonds is 5. The number of benzene rings is 2. The smallest absolute Gasteiger partial charge is 0.333 e. The predicted octanol–water partition coefficient (Wildman–Crippen LogP) is 4.83. The van der Waals surface area contributed by atoms with Crippen molar-refractivity contribution in [1.29, 1.82) is 0 Å². The molecule has 3 aromatic rings. The summed E-state index contributed by atoms with van der Waals surface area (Å²) < 4.78 is 38.8. The highest BCUT2D eigenvalue weighted by Crippen LogP contribution is 2.34. The Morgan fingerprint density at radius 3 is 2.50 bits per heavy atom. The number of nitrogens with zero attached hydrogens (tertiary/aromatic N) is 1. The van der Waals surface area contributed by atoms with Crippen molar-refractivity contribution >= 4 is 23.4 Å². The van der Waals surface area contributed by atoms with Crippen LogP contribution in [0, 0.1) is 0 Å². The van der Waals surface area contributed by atoms with Crippen LogP contribution >= 0.6 is 11.8 Å². The van der Waals surface area contributed by atoms with Crippen LogP contribution < -0.4 is 5.32 Å². The highest BCUT2D eigenvalue weighted by Gasteiger charge is 2.33. The largest absolute Gasteiger partial charge is 0.418 e. The zero-order chi connectivity index (χ0) is 18.6. The van der Waals surface area contributed by atoms with Crippen LogP contribution in [0.25, 0.3) is 11.3 Å². The molecule has 2 aromatic carbocycles. The molecule has 0 fully saturated rings. The summed E-state index contributed by atoms with van der Waals surface area (Å²) in [5.74, 6) is -0.599. The second kappa shape index (κ2) is 7.65. The minimum absolute atomic E-state index is 0.0616. The topological polar surface area (TPSA) is 57.8 Å². The van der Waals surface area contributed by atoms with E-state index in [0.717, 1.165) is 29.1 Å². The van der Waals surface area contributed by atoms with Gasteiger partial charge in [0.15, 0.2) is 5.16 Å². The van der Waals surface area contributed by atoms with E-state index < -0.39 is 17.6 Å². The van der Waals surface area contributed by atoms with Crippen LogP contribution in [0.15, 0.2) is 66.0 Å². The lowest BCUT2D eigenvalue weighted by molar-refractivity contribution is -0.137. The van der Waals surface area contributed by atoms with Crippen LogP contribution in [0.3, 0.4) is 0 Å². The molecule has 2 N–H and O–H groups in total. The molecule has 0 aliphatic heterocycles. The first-order chi connectivity index (χ1) is 12.4. The van der Waals surface area contributed by atoms with Crippen molar-refractivity contribution in [3.05, 3.63) is 66.4 Å². The van der Waals surface area contributed by atoms with E-state index in [1.807, 2.05) is 30.3 Å². The lowest BCUT2D eigenvalue weighted by atomic mass is 10.1. The normalized spacial score (nSPS) is 11.3. The highest BCUT2D eigenvalue weighted by atomic mass is 32.2. The summed E-state index contributed by atoms with van der Waals surface area (Å²) in [5, 5.41) is 2.82. The standard InChI is InChI=1S/C18H14F3N3OS/c19-18(20,21)13-8-4-5-9-14(13)23-16(25)11-26-17-22-10-15(24-17)12-6-2-1-3-7-12/h1-10H,11H2,(H,22,24)(H,23,25). The number of aromatic amines is 1. The Balaban J connectivity index is 1.61. The number of carbonyl (C=O) groups excluding carboxylic acids is 1. The number of alkyl halides is 3. The molecule has 0 saturated heterocycles. The van der Waals surface area contributed by atoms with Crippen molar-refractivity contribution < 1.29 is 18.0 Å². The van der Waals surface area contributed by atoms with Crippen molar-refractivity contribution in [2.24, 2.45) is 0 Å². The van der Waals surface area contributed by atoms with E-state index in [4.69, 9.17) is 0 Å².